The number of nitrogens with zero attached hydrogens (tertiary/aromatic N) is 2. The highest BCUT2D eigenvalue weighted by molar-refractivity contribution is 9.10. The number of halogens is 1. The SMILES string of the molecule is Cc1cc(Br)ccc1-c1noc(CC2(CN)CCC2)n1. The Hall–Kier alpha value is -1.20. The van der Waals surface area contributed by atoms with Crippen LogP contribution in [0, 0.1) is 12.3 Å². The summed E-state index contributed by atoms with van der Waals surface area (Å²) in [5.41, 5.74) is 8.21. The Bertz CT molecular complexity index is 614. The lowest BCUT2D eigenvalue weighted by Gasteiger charge is -2.39. The number of aryl methyl sites for hydroxylation is 1. The zero-order valence-corrected chi connectivity index (χ0v) is 13.1. The van der Waals surface area contributed by atoms with Crippen molar-refractivity contribution in [2.45, 2.75) is 32.6 Å². The first-order valence-corrected chi connectivity index (χ1v) is 7.70. The van der Waals surface area contributed by atoms with Crippen LogP contribution in [0.4, 0.5) is 0 Å². The first kappa shape index (κ1) is 13.8. The van der Waals surface area contributed by atoms with Crippen molar-refractivity contribution in [2.75, 3.05) is 6.54 Å². The van der Waals surface area contributed by atoms with E-state index in [0.717, 1.165) is 22.0 Å². The fourth-order valence-electron chi connectivity index (χ4n) is 2.76. The number of hydrogen-bond donors (Lipinski definition) is 1. The molecule has 1 heterocycles. The molecular formula is C15H18BrN3O. The van der Waals surface area contributed by atoms with Crippen molar-refractivity contribution >= 4 is 15.9 Å². The fourth-order valence-corrected chi connectivity index (χ4v) is 3.24. The van der Waals surface area contributed by atoms with Crippen LogP contribution < -0.4 is 5.73 Å². The van der Waals surface area contributed by atoms with Gasteiger partial charge in [-0.15, -0.1) is 0 Å². The third-order valence-corrected chi connectivity index (χ3v) is 4.76. The predicted molar refractivity (Wildman–Crippen MR) is 81.2 cm³/mol. The fraction of sp³-hybridized carbons (Fsp3) is 0.467. The van der Waals surface area contributed by atoms with E-state index in [1.807, 2.05) is 19.1 Å². The summed E-state index contributed by atoms with van der Waals surface area (Å²) < 4.78 is 6.46. The van der Waals surface area contributed by atoms with Crippen LogP contribution >= 0.6 is 15.9 Å². The number of aromatic nitrogens is 2. The van der Waals surface area contributed by atoms with Gasteiger partial charge in [0, 0.05) is 16.5 Å². The molecular weight excluding hydrogens is 318 g/mol. The van der Waals surface area contributed by atoms with Crippen LogP contribution in [-0.2, 0) is 6.42 Å². The van der Waals surface area contributed by atoms with Crippen molar-refractivity contribution in [2.24, 2.45) is 11.1 Å². The van der Waals surface area contributed by atoms with Gasteiger partial charge in [-0.05, 0) is 55.5 Å². The van der Waals surface area contributed by atoms with Gasteiger partial charge in [0.15, 0.2) is 0 Å². The molecule has 0 spiro atoms. The molecule has 0 saturated heterocycles. The van der Waals surface area contributed by atoms with Gasteiger partial charge in [0.1, 0.15) is 0 Å². The highest BCUT2D eigenvalue weighted by atomic mass is 79.9. The minimum atomic E-state index is 0.193. The van der Waals surface area contributed by atoms with Gasteiger partial charge < -0.3 is 10.3 Å². The molecule has 2 N–H and O–H groups in total. The highest BCUT2D eigenvalue weighted by Gasteiger charge is 2.37. The molecule has 0 bridgehead atoms. The molecule has 0 amide bonds. The third kappa shape index (κ3) is 2.52. The Morgan fingerprint density at radius 1 is 1.40 bits per heavy atom. The maximum Gasteiger partial charge on any atom is 0.227 e. The lowest BCUT2D eigenvalue weighted by molar-refractivity contribution is 0.129. The molecule has 3 rings (SSSR count). The molecule has 1 aromatic carbocycles. The van der Waals surface area contributed by atoms with Gasteiger partial charge in [-0.3, -0.25) is 0 Å². The molecule has 1 saturated carbocycles. The summed E-state index contributed by atoms with van der Waals surface area (Å²) in [4.78, 5) is 4.54. The second-order valence-corrected chi connectivity index (χ2v) is 6.62. The van der Waals surface area contributed by atoms with Gasteiger partial charge in [-0.25, -0.2) is 0 Å². The molecule has 0 aliphatic heterocycles. The highest BCUT2D eigenvalue weighted by Crippen LogP contribution is 2.42. The van der Waals surface area contributed by atoms with Crippen molar-refractivity contribution < 1.29 is 4.52 Å². The lowest BCUT2D eigenvalue weighted by Crippen LogP contribution is -2.39. The Labute approximate surface area is 126 Å². The smallest absolute Gasteiger partial charge is 0.227 e. The summed E-state index contributed by atoms with van der Waals surface area (Å²) >= 11 is 3.46. The van der Waals surface area contributed by atoms with Gasteiger partial charge in [0.2, 0.25) is 11.7 Å². The van der Waals surface area contributed by atoms with Crippen molar-refractivity contribution in [3.05, 3.63) is 34.1 Å². The maximum atomic E-state index is 5.88. The minimum Gasteiger partial charge on any atom is -0.339 e. The van der Waals surface area contributed by atoms with Crippen LogP contribution in [0.3, 0.4) is 0 Å². The van der Waals surface area contributed by atoms with Crippen LogP contribution in [0.25, 0.3) is 11.4 Å². The van der Waals surface area contributed by atoms with Gasteiger partial charge in [0.05, 0.1) is 0 Å². The molecule has 2 aromatic rings. The Morgan fingerprint density at radius 2 is 2.20 bits per heavy atom. The van der Waals surface area contributed by atoms with Crippen LogP contribution in [-0.4, -0.2) is 16.7 Å². The number of benzene rings is 1. The zero-order chi connectivity index (χ0) is 14.2. The quantitative estimate of drug-likeness (QED) is 0.928. The summed E-state index contributed by atoms with van der Waals surface area (Å²) in [6, 6.07) is 6.06. The molecule has 1 fully saturated rings. The van der Waals surface area contributed by atoms with Crippen LogP contribution in [0.5, 0.6) is 0 Å². The average Bonchev–Trinajstić information content (AvgIpc) is 2.82. The molecule has 1 aliphatic rings. The second-order valence-electron chi connectivity index (χ2n) is 5.71. The summed E-state index contributed by atoms with van der Waals surface area (Å²) in [5, 5.41) is 4.11. The number of rotatable bonds is 4. The van der Waals surface area contributed by atoms with E-state index in [0.29, 0.717) is 18.3 Å². The predicted octanol–water partition coefficient (Wildman–Crippen LogP) is 3.48. The van der Waals surface area contributed by atoms with Crippen molar-refractivity contribution in [3.63, 3.8) is 0 Å². The lowest BCUT2D eigenvalue weighted by atomic mass is 9.67. The third-order valence-electron chi connectivity index (χ3n) is 4.27. The first-order valence-electron chi connectivity index (χ1n) is 6.91. The molecule has 4 nitrogen and oxygen atoms in total. The van der Waals surface area contributed by atoms with E-state index >= 15 is 0 Å². The van der Waals surface area contributed by atoms with Gasteiger partial charge in [-0.1, -0.05) is 27.5 Å². The van der Waals surface area contributed by atoms with E-state index in [-0.39, 0.29) is 5.41 Å². The van der Waals surface area contributed by atoms with E-state index in [4.69, 9.17) is 10.3 Å². The topological polar surface area (TPSA) is 64.9 Å². The Morgan fingerprint density at radius 3 is 2.80 bits per heavy atom. The van der Waals surface area contributed by atoms with Crippen molar-refractivity contribution in [3.8, 4) is 11.4 Å². The van der Waals surface area contributed by atoms with E-state index in [1.54, 1.807) is 0 Å². The first-order chi connectivity index (χ1) is 9.62. The molecule has 0 atom stereocenters. The molecule has 20 heavy (non-hydrogen) atoms. The maximum absolute atomic E-state index is 5.88. The van der Waals surface area contributed by atoms with Gasteiger partial charge in [-0.2, -0.15) is 4.98 Å². The summed E-state index contributed by atoms with van der Waals surface area (Å²) in [6.45, 7) is 2.74. The van der Waals surface area contributed by atoms with E-state index < -0.39 is 0 Å². The normalized spacial score (nSPS) is 16.9. The van der Waals surface area contributed by atoms with E-state index in [9.17, 15) is 0 Å². The number of hydrogen-bond acceptors (Lipinski definition) is 4. The van der Waals surface area contributed by atoms with Crippen molar-refractivity contribution in [1.82, 2.24) is 10.1 Å². The largest absolute Gasteiger partial charge is 0.339 e. The Kier molecular flexibility index (Phi) is 3.65. The van der Waals surface area contributed by atoms with E-state index in [1.165, 1.54) is 19.3 Å². The van der Waals surface area contributed by atoms with Crippen LogP contribution in [0.2, 0.25) is 0 Å². The molecule has 1 aromatic heterocycles. The zero-order valence-electron chi connectivity index (χ0n) is 11.5. The van der Waals surface area contributed by atoms with Crippen LogP contribution in [0.15, 0.2) is 27.2 Å². The summed E-state index contributed by atoms with van der Waals surface area (Å²) in [6.07, 6.45) is 4.38. The van der Waals surface area contributed by atoms with Crippen LogP contribution in [0.1, 0.15) is 30.7 Å². The second kappa shape index (κ2) is 5.30. The van der Waals surface area contributed by atoms with E-state index in [2.05, 4.69) is 32.1 Å². The summed E-state index contributed by atoms with van der Waals surface area (Å²) in [7, 11) is 0. The molecule has 0 radical (unpaired) electrons. The average molecular weight is 336 g/mol. The molecule has 1 aliphatic carbocycles. The standard InChI is InChI=1S/C15H18BrN3O/c1-10-7-11(16)3-4-12(10)14-18-13(20-19-14)8-15(9-17)5-2-6-15/h3-4,7H,2,5-6,8-9,17H2,1H3. The minimum absolute atomic E-state index is 0.193. The van der Waals surface area contributed by atoms with Gasteiger partial charge >= 0.3 is 0 Å². The summed E-state index contributed by atoms with van der Waals surface area (Å²) in [5.74, 6) is 1.36. The number of nitrogens with two attached hydrogens (primary N) is 1. The Balaban J connectivity index is 1.83. The molecule has 0 unspecified atom stereocenters. The molecule has 5 heteroatoms. The van der Waals surface area contributed by atoms with Crippen molar-refractivity contribution in [1.29, 1.82) is 0 Å². The monoisotopic (exact) mass is 335 g/mol. The molecule has 106 valence electrons. The van der Waals surface area contributed by atoms with Gasteiger partial charge in [0.25, 0.3) is 0 Å².